The predicted molar refractivity (Wildman–Crippen MR) is 116 cm³/mol. The highest BCUT2D eigenvalue weighted by Crippen LogP contribution is 2.27. The maximum Gasteiger partial charge on any atom is 0.251 e. The number of para-hydroxylation sites is 2. The van der Waals surface area contributed by atoms with Crippen molar-refractivity contribution in [3.8, 4) is 11.5 Å². The van der Waals surface area contributed by atoms with Gasteiger partial charge in [0, 0.05) is 18.7 Å². The number of nitrogens with zero attached hydrogens (tertiary/aromatic N) is 2. The zero-order valence-electron chi connectivity index (χ0n) is 17.0. The number of hydrogen-bond acceptors (Lipinski definition) is 4. The van der Waals surface area contributed by atoms with Gasteiger partial charge in [0.2, 0.25) is 0 Å². The Labute approximate surface area is 175 Å². The van der Waals surface area contributed by atoms with Crippen molar-refractivity contribution in [3.63, 3.8) is 0 Å². The van der Waals surface area contributed by atoms with E-state index in [1.165, 1.54) is 5.56 Å². The standard InChI is InChI=1S/C24H23N3O3/c1-29-22-12-11-19(13-23(22)30-2)24(28)25-14-17-7-9-18(10-8-17)15-27-16-26-20-5-3-4-6-21(20)27/h3-13,16H,14-15H2,1-2H3,(H,25,28). The van der Waals surface area contributed by atoms with E-state index in [0.717, 1.165) is 23.1 Å². The van der Waals surface area contributed by atoms with Crippen LogP contribution < -0.4 is 14.8 Å². The fourth-order valence-electron chi connectivity index (χ4n) is 3.36. The molecular formula is C24H23N3O3. The van der Waals surface area contributed by atoms with Crippen molar-refractivity contribution in [1.29, 1.82) is 0 Å². The second-order valence-corrected chi connectivity index (χ2v) is 6.93. The van der Waals surface area contributed by atoms with Crippen molar-refractivity contribution in [1.82, 2.24) is 14.9 Å². The SMILES string of the molecule is COc1ccc(C(=O)NCc2ccc(Cn3cnc4ccccc43)cc2)cc1OC. The van der Waals surface area contributed by atoms with Crippen LogP contribution in [0.4, 0.5) is 0 Å². The molecule has 0 aliphatic rings. The summed E-state index contributed by atoms with van der Waals surface area (Å²) in [6.45, 7) is 1.19. The van der Waals surface area contributed by atoms with E-state index in [1.807, 2.05) is 36.7 Å². The third-order valence-electron chi connectivity index (χ3n) is 5.00. The molecule has 6 heteroatoms. The topological polar surface area (TPSA) is 65.4 Å². The quantitative estimate of drug-likeness (QED) is 0.508. The zero-order chi connectivity index (χ0) is 20.9. The maximum absolute atomic E-state index is 12.5. The number of amides is 1. The normalized spacial score (nSPS) is 10.7. The first-order chi connectivity index (χ1) is 14.7. The van der Waals surface area contributed by atoms with Crippen molar-refractivity contribution in [2.24, 2.45) is 0 Å². The lowest BCUT2D eigenvalue weighted by atomic mass is 10.1. The van der Waals surface area contributed by atoms with E-state index in [-0.39, 0.29) is 5.91 Å². The number of nitrogens with one attached hydrogen (secondary N) is 1. The van der Waals surface area contributed by atoms with Gasteiger partial charge in [0.15, 0.2) is 11.5 Å². The van der Waals surface area contributed by atoms with Crippen LogP contribution in [0.25, 0.3) is 11.0 Å². The van der Waals surface area contributed by atoms with Crippen LogP contribution >= 0.6 is 0 Å². The lowest BCUT2D eigenvalue weighted by Gasteiger charge is -2.10. The molecule has 4 aromatic rings. The first kappa shape index (κ1) is 19.5. The van der Waals surface area contributed by atoms with Crippen LogP contribution in [-0.2, 0) is 13.1 Å². The van der Waals surface area contributed by atoms with Gasteiger partial charge in [0.05, 0.1) is 31.6 Å². The number of benzene rings is 3. The van der Waals surface area contributed by atoms with Gasteiger partial charge in [-0.15, -0.1) is 0 Å². The summed E-state index contributed by atoms with van der Waals surface area (Å²) in [6, 6.07) is 21.4. The van der Waals surface area contributed by atoms with Gasteiger partial charge in [-0.3, -0.25) is 4.79 Å². The Morgan fingerprint density at radius 2 is 1.67 bits per heavy atom. The fraction of sp³-hybridized carbons (Fsp3) is 0.167. The van der Waals surface area contributed by atoms with Gasteiger partial charge in [-0.05, 0) is 41.5 Å². The number of carbonyl (C=O) groups excluding carboxylic acids is 1. The van der Waals surface area contributed by atoms with Crippen LogP contribution in [0.5, 0.6) is 11.5 Å². The fourth-order valence-corrected chi connectivity index (χ4v) is 3.36. The first-order valence-corrected chi connectivity index (χ1v) is 9.66. The van der Waals surface area contributed by atoms with Crippen molar-refractivity contribution in [2.45, 2.75) is 13.1 Å². The van der Waals surface area contributed by atoms with Crippen molar-refractivity contribution < 1.29 is 14.3 Å². The summed E-state index contributed by atoms with van der Waals surface area (Å²) >= 11 is 0. The molecular weight excluding hydrogens is 378 g/mol. The Morgan fingerprint density at radius 3 is 2.43 bits per heavy atom. The number of rotatable bonds is 7. The summed E-state index contributed by atoms with van der Waals surface area (Å²) in [4.78, 5) is 16.9. The minimum absolute atomic E-state index is 0.162. The minimum atomic E-state index is -0.162. The molecule has 30 heavy (non-hydrogen) atoms. The van der Waals surface area contributed by atoms with E-state index in [0.29, 0.717) is 23.6 Å². The number of imidazole rings is 1. The van der Waals surface area contributed by atoms with Gasteiger partial charge >= 0.3 is 0 Å². The Kier molecular flexibility index (Phi) is 5.66. The van der Waals surface area contributed by atoms with Crippen LogP contribution in [0, 0.1) is 0 Å². The van der Waals surface area contributed by atoms with E-state index < -0.39 is 0 Å². The molecule has 1 heterocycles. The Balaban J connectivity index is 1.38. The Hall–Kier alpha value is -3.80. The van der Waals surface area contributed by atoms with Gasteiger partial charge < -0.3 is 19.4 Å². The molecule has 0 saturated heterocycles. The molecule has 0 aliphatic carbocycles. The molecule has 0 spiro atoms. The van der Waals surface area contributed by atoms with Crippen LogP contribution in [0.15, 0.2) is 73.1 Å². The molecule has 1 N–H and O–H groups in total. The van der Waals surface area contributed by atoms with Crippen LogP contribution in [0.1, 0.15) is 21.5 Å². The van der Waals surface area contributed by atoms with Crippen LogP contribution in [-0.4, -0.2) is 29.7 Å². The molecule has 1 amide bonds. The summed E-state index contributed by atoms with van der Waals surface area (Å²) in [5.41, 5.74) is 4.84. The summed E-state index contributed by atoms with van der Waals surface area (Å²) in [5.74, 6) is 0.960. The highest BCUT2D eigenvalue weighted by atomic mass is 16.5. The molecule has 0 radical (unpaired) electrons. The largest absolute Gasteiger partial charge is 0.493 e. The molecule has 3 aromatic carbocycles. The average molecular weight is 401 g/mol. The maximum atomic E-state index is 12.5. The molecule has 0 aliphatic heterocycles. The van der Waals surface area contributed by atoms with Crippen LogP contribution in [0.2, 0.25) is 0 Å². The van der Waals surface area contributed by atoms with Gasteiger partial charge in [-0.25, -0.2) is 4.98 Å². The third kappa shape index (κ3) is 4.12. The number of ether oxygens (including phenoxy) is 2. The Bertz CT molecular complexity index is 1170. The van der Waals surface area contributed by atoms with E-state index in [9.17, 15) is 4.79 Å². The summed E-state index contributed by atoms with van der Waals surface area (Å²) in [5, 5.41) is 2.94. The summed E-state index contributed by atoms with van der Waals surface area (Å²) in [7, 11) is 3.12. The number of hydrogen-bond donors (Lipinski definition) is 1. The number of aromatic nitrogens is 2. The number of fused-ring (bicyclic) bond motifs is 1. The molecule has 152 valence electrons. The van der Waals surface area contributed by atoms with Gasteiger partial charge in [-0.2, -0.15) is 0 Å². The van der Waals surface area contributed by atoms with E-state index in [4.69, 9.17) is 9.47 Å². The smallest absolute Gasteiger partial charge is 0.251 e. The lowest BCUT2D eigenvalue weighted by Crippen LogP contribution is -2.22. The lowest BCUT2D eigenvalue weighted by molar-refractivity contribution is 0.0950. The van der Waals surface area contributed by atoms with Gasteiger partial charge in [-0.1, -0.05) is 36.4 Å². The van der Waals surface area contributed by atoms with Gasteiger partial charge in [0.25, 0.3) is 5.91 Å². The van der Waals surface area contributed by atoms with Crippen molar-refractivity contribution in [3.05, 3.63) is 89.7 Å². The van der Waals surface area contributed by atoms with Crippen LogP contribution in [0.3, 0.4) is 0 Å². The van der Waals surface area contributed by atoms with Gasteiger partial charge in [0.1, 0.15) is 0 Å². The van der Waals surface area contributed by atoms with E-state index in [2.05, 4.69) is 33.1 Å². The molecule has 0 fully saturated rings. The Morgan fingerprint density at radius 1 is 0.933 bits per heavy atom. The predicted octanol–water partition coefficient (Wildman–Crippen LogP) is 4.03. The molecule has 0 bridgehead atoms. The third-order valence-corrected chi connectivity index (χ3v) is 5.00. The highest BCUT2D eigenvalue weighted by Gasteiger charge is 2.10. The second-order valence-electron chi connectivity index (χ2n) is 6.93. The first-order valence-electron chi connectivity index (χ1n) is 9.66. The monoisotopic (exact) mass is 401 g/mol. The molecule has 0 atom stereocenters. The van der Waals surface area contributed by atoms with E-state index >= 15 is 0 Å². The molecule has 0 saturated carbocycles. The molecule has 1 aromatic heterocycles. The number of carbonyl (C=O) groups is 1. The van der Waals surface area contributed by atoms with E-state index in [1.54, 1.807) is 32.4 Å². The summed E-state index contributed by atoms with van der Waals surface area (Å²) in [6.07, 6.45) is 1.86. The molecule has 4 rings (SSSR count). The summed E-state index contributed by atoms with van der Waals surface area (Å²) < 4.78 is 12.6. The highest BCUT2D eigenvalue weighted by molar-refractivity contribution is 5.94. The average Bonchev–Trinajstić information content (AvgIpc) is 3.20. The van der Waals surface area contributed by atoms with Crippen molar-refractivity contribution in [2.75, 3.05) is 14.2 Å². The molecule has 6 nitrogen and oxygen atoms in total. The van der Waals surface area contributed by atoms with Crippen molar-refractivity contribution >= 4 is 16.9 Å². The molecule has 0 unspecified atom stereocenters. The number of methoxy groups -OCH3 is 2. The zero-order valence-corrected chi connectivity index (χ0v) is 17.0. The minimum Gasteiger partial charge on any atom is -0.493 e. The second kappa shape index (κ2) is 8.69.